The van der Waals surface area contributed by atoms with E-state index in [1.807, 2.05) is 26.0 Å². The standard InChI is InChI=1S/C22H30N2O5/c1-14-15(2)22(26)29-20-16(3)19(7-6-18(14)20)28-17(4)21(25)23-8-5-9-24-10-12-27-13-11-24/h6-7,17H,5,8-13H2,1-4H3,(H,23,25)/t17-/m0/s1. The minimum atomic E-state index is -0.646. The van der Waals surface area contributed by atoms with Crippen LogP contribution < -0.4 is 15.7 Å². The van der Waals surface area contributed by atoms with Gasteiger partial charge in [-0.15, -0.1) is 0 Å². The van der Waals surface area contributed by atoms with E-state index in [4.69, 9.17) is 13.9 Å². The van der Waals surface area contributed by atoms with Crippen LogP contribution in [0.3, 0.4) is 0 Å². The summed E-state index contributed by atoms with van der Waals surface area (Å²) in [6.45, 7) is 12.2. The van der Waals surface area contributed by atoms with E-state index < -0.39 is 6.10 Å². The van der Waals surface area contributed by atoms with Crippen LogP contribution in [-0.4, -0.2) is 56.3 Å². The Kier molecular flexibility index (Phi) is 6.92. The van der Waals surface area contributed by atoms with Crippen LogP contribution in [0.2, 0.25) is 0 Å². The minimum absolute atomic E-state index is 0.159. The molecule has 7 heteroatoms. The Balaban J connectivity index is 1.58. The van der Waals surface area contributed by atoms with Gasteiger partial charge in [-0.25, -0.2) is 4.79 Å². The Labute approximate surface area is 171 Å². The largest absolute Gasteiger partial charge is 0.480 e. The number of aryl methyl sites for hydroxylation is 2. The highest BCUT2D eigenvalue weighted by atomic mass is 16.5. The molecule has 158 valence electrons. The fraction of sp³-hybridized carbons (Fsp3) is 0.545. The third kappa shape index (κ3) is 4.97. The lowest BCUT2D eigenvalue weighted by molar-refractivity contribution is -0.127. The summed E-state index contributed by atoms with van der Waals surface area (Å²) >= 11 is 0. The number of carbonyl (C=O) groups is 1. The second-order valence-electron chi connectivity index (χ2n) is 7.56. The van der Waals surface area contributed by atoms with Crippen molar-refractivity contribution in [2.75, 3.05) is 39.4 Å². The molecule has 0 saturated carbocycles. The van der Waals surface area contributed by atoms with Gasteiger partial charge in [-0.05, 0) is 58.4 Å². The van der Waals surface area contributed by atoms with Crippen LogP contribution in [0.25, 0.3) is 11.0 Å². The highest BCUT2D eigenvalue weighted by Crippen LogP contribution is 2.29. The molecule has 1 N–H and O–H groups in total. The maximum absolute atomic E-state index is 12.4. The van der Waals surface area contributed by atoms with Crippen molar-refractivity contribution in [3.05, 3.63) is 39.2 Å². The summed E-state index contributed by atoms with van der Waals surface area (Å²) in [5, 5.41) is 3.81. The molecule has 0 unspecified atom stereocenters. The number of fused-ring (bicyclic) bond motifs is 1. The predicted molar refractivity (Wildman–Crippen MR) is 112 cm³/mol. The number of morpholine rings is 1. The fourth-order valence-corrected chi connectivity index (χ4v) is 3.48. The average molecular weight is 402 g/mol. The maximum atomic E-state index is 12.4. The van der Waals surface area contributed by atoms with E-state index in [0.29, 0.717) is 23.4 Å². The van der Waals surface area contributed by atoms with E-state index in [-0.39, 0.29) is 11.5 Å². The first-order valence-electron chi connectivity index (χ1n) is 10.2. The van der Waals surface area contributed by atoms with Crippen LogP contribution in [0.4, 0.5) is 0 Å². The lowest BCUT2D eigenvalue weighted by Crippen LogP contribution is -2.40. The smallest absolute Gasteiger partial charge is 0.339 e. The van der Waals surface area contributed by atoms with Crippen molar-refractivity contribution >= 4 is 16.9 Å². The molecular formula is C22H30N2O5. The molecule has 2 aromatic rings. The van der Waals surface area contributed by atoms with Gasteiger partial charge in [-0.1, -0.05) is 0 Å². The molecule has 1 aliphatic rings. The van der Waals surface area contributed by atoms with Crippen molar-refractivity contribution in [2.24, 2.45) is 0 Å². The van der Waals surface area contributed by atoms with E-state index in [2.05, 4.69) is 10.2 Å². The molecule has 3 rings (SSSR count). The molecule has 1 aliphatic heterocycles. The highest BCUT2D eigenvalue weighted by Gasteiger charge is 2.18. The molecule has 1 atom stereocenters. The van der Waals surface area contributed by atoms with Gasteiger partial charge >= 0.3 is 5.63 Å². The molecule has 0 aliphatic carbocycles. The van der Waals surface area contributed by atoms with E-state index >= 15 is 0 Å². The highest BCUT2D eigenvalue weighted by molar-refractivity contribution is 5.86. The number of benzene rings is 1. The van der Waals surface area contributed by atoms with Gasteiger partial charge in [0.05, 0.1) is 13.2 Å². The summed E-state index contributed by atoms with van der Waals surface area (Å²) < 4.78 is 16.7. The van der Waals surface area contributed by atoms with Crippen LogP contribution in [-0.2, 0) is 9.53 Å². The molecule has 1 fully saturated rings. The van der Waals surface area contributed by atoms with E-state index in [0.717, 1.165) is 55.8 Å². The van der Waals surface area contributed by atoms with Crippen LogP contribution in [0.1, 0.15) is 30.0 Å². The number of carbonyl (C=O) groups excluding carboxylic acids is 1. The molecule has 7 nitrogen and oxygen atoms in total. The Bertz CT molecular complexity index is 931. The number of amides is 1. The molecule has 29 heavy (non-hydrogen) atoms. The number of nitrogens with zero attached hydrogens (tertiary/aromatic N) is 1. The zero-order valence-electron chi connectivity index (χ0n) is 17.7. The number of ether oxygens (including phenoxy) is 2. The summed E-state index contributed by atoms with van der Waals surface area (Å²) in [5.74, 6) is 0.382. The second-order valence-corrected chi connectivity index (χ2v) is 7.56. The van der Waals surface area contributed by atoms with Gasteiger partial charge in [0, 0.05) is 36.1 Å². The summed E-state index contributed by atoms with van der Waals surface area (Å²) in [5.41, 5.74) is 2.39. The first kappa shape index (κ1) is 21.3. The van der Waals surface area contributed by atoms with Crippen LogP contribution >= 0.6 is 0 Å². The van der Waals surface area contributed by atoms with Gasteiger partial charge in [-0.2, -0.15) is 0 Å². The van der Waals surface area contributed by atoms with Gasteiger partial charge in [0.25, 0.3) is 5.91 Å². The molecule has 1 aromatic carbocycles. The first-order chi connectivity index (χ1) is 13.9. The third-order valence-corrected chi connectivity index (χ3v) is 5.55. The number of hydrogen-bond acceptors (Lipinski definition) is 6. The molecular weight excluding hydrogens is 372 g/mol. The second kappa shape index (κ2) is 9.41. The predicted octanol–water partition coefficient (Wildman–Crippen LogP) is 2.32. The number of hydrogen-bond donors (Lipinski definition) is 1. The Morgan fingerprint density at radius 1 is 1.17 bits per heavy atom. The van der Waals surface area contributed by atoms with E-state index in [1.54, 1.807) is 13.8 Å². The lowest BCUT2D eigenvalue weighted by atomic mass is 10.0. The SMILES string of the molecule is Cc1c(C)c2ccc(O[C@@H](C)C(=O)NCCCN3CCOCC3)c(C)c2oc1=O. The van der Waals surface area contributed by atoms with Crippen molar-refractivity contribution in [3.8, 4) is 5.75 Å². The summed E-state index contributed by atoms with van der Waals surface area (Å²) in [4.78, 5) is 26.7. The summed E-state index contributed by atoms with van der Waals surface area (Å²) in [7, 11) is 0. The fourth-order valence-electron chi connectivity index (χ4n) is 3.48. The zero-order valence-corrected chi connectivity index (χ0v) is 17.7. The van der Waals surface area contributed by atoms with Crippen LogP contribution in [0.15, 0.2) is 21.3 Å². The molecule has 0 bridgehead atoms. The topological polar surface area (TPSA) is 81.0 Å². The van der Waals surface area contributed by atoms with E-state index in [9.17, 15) is 9.59 Å². The zero-order chi connectivity index (χ0) is 21.0. The van der Waals surface area contributed by atoms with Crippen LogP contribution in [0.5, 0.6) is 5.75 Å². The summed E-state index contributed by atoms with van der Waals surface area (Å²) in [6, 6.07) is 3.70. The first-order valence-corrected chi connectivity index (χ1v) is 10.2. The number of rotatable bonds is 7. The Morgan fingerprint density at radius 2 is 1.90 bits per heavy atom. The van der Waals surface area contributed by atoms with Gasteiger partial charge in [-0.3, -0.25) is 9.69 Å². The van der Waals surface area contributed by atoms with Gasteiger partial charge in [0.15, 0.2) is 6.10 Å². The number of nitrogens with one attached hydrogen (secondary N) is 1. The minimum Gasteiger partial charge on any atom is -0.480 e. The van der Waals surface area contributed by atoms with Crippen molar-refractivity contribution in [1.82, 2.24) is 10.2 Å². The Morgan fingerprint density at radius 3 is 2.62 bits per heavy atom. The molecule has 2 heterocycles. The van der Waals surface area contributed by atoms with Gasteiger partial charge in [0.1, 0.15) is 11.3 Å². The Hall–Kier alpha value is -2.38. The normalized spacial score (nSPS) is 16.0. The average Bonchev–Trinajstić information content (AvgIpc) is 2.72. The van der Waals surface area contributed by atoms with Gasteiger partial charge < -0.3 is 19.2 Å². The molecule has 1 aromatic heterocycles. The molecule has 1 saturated heterocycles. The maximum Gasteiger partial charge on any atom is 0.339 e. The molecule has 0 spiro atoms. The lowest BCUT2D eigenvalue weighted by Gasteiger charge is -2.26. The monoisotopic (exact) mass is 402 g/mol. The third-order valence-electron chi connectivity index (χ3n) is 5.55. The van der Waals surface area contributed by atoms with E-state index in [1.165, 1.54) is 0 Å². The van der Waals surface area contributed by atoms with Crippen molar-refractivity contribution < 1.29 is 18.7 Å². The van der Waals surface area contributed by atoms with Gasteiger partial charge in [0.2, 0.25) is 0 Å². The molecule has 0 radical (unpaired) electrons. The molecule has 1 amide bonds. The quantitative estimate of drug-likeness (QED) is 0.566. The van der Waals surface area contributed by atoms with Crippen LogP contribution in [0, 0.1) is 20.8 Å². The van der Waals surface area contributed by atoms with Crippen molar-refractivity contribution in [1.29, 1.82) is 0 Å². The van der Waals surface area contributed by atoms with Crippen molar-refractivity contribution in [2.45, 2.75) is 40.2 Å². The summed E-state index contributed by atoms with van der Waals surface area (Å²) in [6.07, 6.45) is 0.241. The van der Waals surface area contributed by atoms with Crippen molar-refractivity contribution in [3.63, 3.8) is 0 Å².